The second-order valence-corrected chi connectivity index (χ2v) is 8.46. The number of halogens is 1. The summed E-state index contributed by atoms with van der Waals surface area (Å²) in [4.78, 5) is 2.35. The zero-order valence-corrected chi connectivity index (χ0v) is 17.9. The summed E-state index contributed by atoms with van der Waals surface area (Å²) in [5.41, 5.74) is 14.3. The molecule has 2 aliphatic heterocycles. The van der Waals surface area contributed by atoms with Crippen LogP contribution < -0.4 is 16.4 Å². The topological polar surface area (TPSA) is 53.3 Å². The largest absolute Gasteiger partial charge is 0.401 e. The normalized spacial score (nSPS) is 21.5. The van der Waals surface area contributed by atoms with Crippen LogP contribution in [0.3, 0.4) is 0 Å². The molecule has 2 aromatic rings. The molecular formula is C24H29ClN4. The van der Waals surface area contributed by atoms with Crippen LogP contribution >= 0.6 is 11.6 Å². The summed E-state index contributed by atoms with van der Waals surface area (Å²) < 4.78 is 0. The lowest BCUT2D eigenvalue weighted by atomic mass is 9.90. The molecule has 29 heavy (non-hydrogen) atoms. The predicted octanol–water partition coefficient (Wildman–Crippen LogP) is 4.85. The van der Waals surface area contributed by atoms with Crippen molar-refractivity contribution >= 4 is 28.6 Å². The molecule has 0 aromatic heterocycles. The maximum Gasteiger partial charge on any atom is 0.0605 e. The van der Waals surface area contributed by atoms with E-state index in [2.05, 4.69) is 52.9 Å². The van der Waals surface area contributed by atoms with E-state index in [4.69, 9.17) is 17.3 Å². The van der Waals surface area contributed by atoms with E-state index < -0.39 is 0 Å². The van der Waals surface area contributed by atoms with Crippen LogP contribution in [0.2, 0.25) is 5.02 Å². The lowest BCUT2D eigenvalue weighted by Gasteiger charge is -2.25. The number of anilines is 1. The third-order valence-electron chi connectivity index (χ3n) is 5.77. The van der Waals surface area contributed by atoms with Crippen LogP contribution in [0.15, 0.2) is 54.2 Å². The highest BCUT2D eigenvalue weighted by Crippen LogP contribution is 2.35. The van der Waals surface area contributed by atoms with Gasteiger partial charge in [0.15, 0.2) is 0 Å². The van der Waals surface area contributed by atoms with Crippen molar-refractivity contribution in [3.05, 3.63) is 76.0 Å². The van der Waals surface area contributed by atoms with Gasteiger partial charge in [0, 0.05) is 41.6 Å². The van der Waals surface area contributed by atoms with Crippen LogP contribution in [-0.2, 0) is 0 Å². The molecule has 152 valence electrons. The minimum atomic E-state index is 0.180. The molecule has 4 rings (SSSR count). The van der Waals surface area contributed by atoms with E-state index in [9.17, 15) is 0 Å². The second-order valence-electron chi connectivity index (χ2n) is 8.02. The second kappa shape index (κ2) is 8.52. The number of benzene rings is 2. The number of nitrogens with two attached hydrogens (primary N) is 1. The number of hydrogen-bond acceptors (Lipinski definition) is 4. The molecule has 2 aromatic carbocycles. The third kappa shape index (κ3) is 4.44. The predicted molar refractivity (Wildman–Crippen MR) is 124 cm³/mol. The molecule has 0 saturated carbocycles. The Hall–Kier alpha value is -2.43. The highest BCUT2D eigenvalue weighted by molar-refractivity contribution is 6.30. The molecule has 1 atom stereocenters. The van der Waals surface area contributed by atoms with Gasteiger partial charge in [-0.1, -0.05) is 35.9 Å². The minimum Gasteiger partial charge on any atom is -0.401 e. The molecule has 5 heteroatoms. The van der Waals surface area contributed by atoms with Gasteiger partial charge in [0.05, 0.1) is 11.7 Å². The Morgan fingerprint density at radius 3 is 2.83 bits per heavy atom. The number of rotatable bonds is 3. The first kappa shape index (κ1) is 19.9. The molecule has 0 spiro atoms. The first-order chi connectivity index (χ1) is 14.0. The van der Waals surface area contributed by atoms with Gasteiger partial charge in [-0.3, -0.25) is 0 Å². The molecule has 0 fully saturated rings. The quantitative estimate of drug-likeness (QED) is 0.679. The van der Waals surface area contributed by atoms with Crippen LogP contribution in [0.1, 0.15) is 42.5 Å². The number of allylic oxidation sites excluding steroid dienone is 1. The summed E-state index contributed by atoms with van der Waals surface area (Å²) in [7, 11) is 2.17. The average molecular weight is 409 g/mol. The van der Waals surface area contributed by atoms with Crippen molar-refractivity contribution in [2.24, 2.45) is 5.73 Å². The van der Waals surface area contributed by atoms with Crippen molar-refractivity contribution in [1.82, 2.24) is 10.2 Å². The molecule has 4 N–H and O–H groups in total. The summed E-state index contributed by atoms with van der Waals surface area (Å²) >= 11 is 6.21. The van der Waals surface area contributed by atoms with Crippen LogP contribution in [0, 0.1) is 0 Å². The molecule has 0 bridgehead atoms. The van der Waals surface area contributed by atoms with E-state index >= 15 is 0 Å². The van der Waals surface area contributed by atoms with Gasteiger partial charge in [-0.25, -0.2) is 0 Å². The highest BCUT2D eigenvalue weighted by Gasteiger charge is 2.23. The Labute approximate surface area is 178 Å². The fourth-order valence-corrected chi connectivity index (χ4v) is 4.38. The molecule has 0 saturated heterocycles. The van der Waals surface area contributed by atoms with Gasteiger partial charge in [-0.15, -0.1) is 0 Å². The van der Waals surface area contributed by atoms with Crippen molar-refractivity contribution in [1.29, 1.82) is 0 Å². The van der Waals surface area contributed by atoms with Gasteiger partial charge in [0.2, 0.25) is 0 Å². The van der Waals surface area contributed by atoms with E-state index in [-0.39, 0.29) is 6.04 Å². The maximum absolute atomic E-state index is 6.23. The van der Waals surface area contributed by atoms with Crippen LogP contribution in [0.4, 0.5) is 5.69 Å². The zero-order valence-electron chi connectivity index (χ0n) is 17.1. The van der Waals surface area contributed by atoms with E-state index in [0.717, 1.165) is 54.6 Å². The maximum atomic E-state index is 6.23. The smallest absolute Gasteiger partial charge is 0.0605 e. The molecule has 2 aliphatic rings. The zero-order chi connectivity index (χ0) is 20.4. The Bertz CT molecular complexity index is 959. The number of nitrogens with zero attached hydrogens (tertiary/aromatic N) is 1. The summed E-state index contributed by atoms with van der Waals surface area (Å²) in [5.74, 6) is 0. The molecule has 4 nitrogen and oxygen atoms in total. The number of nitrogens with one attached hydrogen (secondary N) is 2. The van der Waals surface area contributed by atoms with Gasteiger partial charge in [0.25, 0.3) is 0 Å². The van der Waals surface area contributed by atoms with Crippen molar-refractivity contribution < 1.29 is 0 Å². The van der Waals surface area contributed by atoms with E-state index in [0.29, 0.717) is 0 Å². The van der Waals surface area contributed by atoms with Crippen molar-refractivity contribution in [2.45, 2.75) is 25.8 Å². The van der Waals surface area contributed by atoms with E-state index in [1.54, 1.807) is 0 Å². The van der Waals surface area contributed by atoms with Gasteiger partial charge in [-0.2, -0.15) is 0 Å². The Morgan fingerprint density at radius 2 is 2.10 bits per heavy atom. The number of likely N-dealkylation sites (N-methyl/N-ethyl adjacent to an activating group) is 1. The van der Waals surface area contributed by atoms with Gasteiger partial charge >= 0.3 is 0 Å². The van der Waals surface area contributed by atoms with Crippen LogP contribution in [0.5, 0.6) is 0 Å². The lowest BCUT2D eigenvalue weighted by Crippen LogP contribution is -2.23. The minimum absolute atomic E-state index is 0.180. The first-order valence-corrected chi connectivity index (χ1v) is 10.6. The summed E-state index contributed by atoms with van der Waals surface area (Å²) in [6.07, 6.45) is 4.39. The summed E-state index contributed by atoms with van der Waals surface area (Å²) in [5, 5.41) is 7.98. The molecular weight excluding hydrogens is 380 g/mol. The Morgan fingerprint density at radius 1 is 1.24 bits per heavy atom. The third-order valence-corrected chi connectivity index (χ3v) is 6.01. The molecule has 2 heterocycles. The number of hydrogen-bond donors (Lipinski definition) is 3. The molecule has 0 aliphatic carbocycles. The van der Waals surface area contributed by atoms with Gasteiger partial charge < -0.3 is 21.3 Å². The average Bonchev–Trinajstić information content (AvgIpc) is 2.88. The first-order valence-electron chi connectivity index (χ1n) is 10.3. The van der Waals surface area contributed by atoms with Crippen molar-refractivity contribution in [3.63, 3.8) is 0 Å². The highest BCUT2D eigenvalue weighted by atomic mass is 35.5. The molecule has 0 radical (unpaired) electrons. The SMILES string of the molecule is C/C(N)=C1/NCCC(Nc2cccc(Cl)c2)c2cc(C3=CCN(C)CC3)ccc21. The van der Waals surface area contributed by atoms with Crippen molar-refractivity contribution in [2.75, 3.05) is 32.0 Å². The van der Waals surface area contributed by atoms with Gasteiger partial charge in [-0.05, 0) is 67.8 Å². The van der Waals surface area contributed by atoms with Crippen LogP contribution in [0.25, 0.3) is 11.3 Å². The van der Waals surface area contributed by atoms with Crippen molar-refractivity contribution in [3.8, 4) is 0 Å². The Kier molecular flexibility index (Phi) is 5.84. The fourth-order valence-electron chi connectivity index (χ4n) is 4.18. The monoisotopic (exact) mass is 408 g/mol. The molecule has 1 unspecified atom stereocenters. The van der Waals surface area contributed by atoms with Gasteiger partial charge in [0.1, 0.15) is 0 Å². The fraction of sp³-hybridized carbons (Fsp3) is 0.333. The Balaban J connectivity index is 1.75. The number of fused-ring (bicyclic) bond motifs is 1. The molecule has 0 amide bonds. The van der Waals surface area contributed by atoms with E-state index in [1.165, 1.54) is 22.3 Å². The van der Waals surface area contributed by atoms with Crippen LogP contribution in [-0.4, -0.2) is 31.6 Å². The van der Waals surface area contributed by atoms with E-state index in [1.807, 2.05) is 25.1 Å². The summed E-state index contributed by atoms with van der Waals surface area (Å²) in [6.45, 7) is 4.93. The standard InChI is InChI=1S/C24H29ClN4/c1-16(26)24-21-7-6-18(17-9-12-29(2)13-10-17)14-22(21)23(8-11-27-24)28-20-5-3-4-19(25)15-20/h3-7,9,14-15,23,27-28H,8,10-13,26H2,1-2H3/b24-16-. The summed E-state index contributed by atoms with van der Waals surface area (Å²) in [6, 6.07) is 14.9. The lowest BCUT2D eigenvalue weighted by molar-refractivity contribution is 0.370.